The standard InChI is InChI=1S/C11H20O3/c1-2-3-6-9(10(12)13)11(14)7-4-5-8-11/h9,14H,2-8H2,1H3,(H,12,13). The van der Waals surface area contributed by atoms with E-state index < -0.39 is 17.5 Å². The minimum absolute atomic E-state index is 0.551. The Labute approximate surface area is 85.1 Å². The molecule has 0 radical (unpaired) electrons. The molecule has 3 nitrogen and oxygen atoms in total. The van der Waals surface area contributed by atoms with Crippen molar-refractivity contribution in [1.29, 1.82) is 0 Å². The maximum absolute atomic E-state index is 11.0. The summed E-state index contributed by atoms with van der Waals surface area (Å²) in [5, 5.41) is 19.2. The van der Waals surface area contributed by atoms with Gasteiger partial charge < -0.3 is 10.2 Å². The lowest BCUT2D eigenvalue weighted by molar-refractivity contribution is -0.152. The molecule has 0 saturated heterocycles. The average Bonchev–Trinajstić information content (AvgIpc) is 2.53. The zero-order valence-electron chi connectivity index (χ0n) is 8.83. The van der Waals surface area contributed by atoms with Crippen molar-refractivity contribution >= 4 is 5.97 Å². The van der Waals surface area contributed by atoms with Gasteiger partial charge in [-0.25, -0.2) is 0 Å². The molecule has 1 atom stereocenters. The molecule has 1 aliphatic carbocycles. The summed E-state index contributed by atoms with van der Waals surface area (Å²) in [5.74, 6) is -1.38. The molecule has 0 aliphatic heterocycles. The number of carboxylic acids is 1. The van der Waals surface area contributed by atoms with Crippen LogP contribution in [0.5, 0.6) is 0 Å². The molecule has 14 heavy (non-hydrogen) atoms. The van der Waals surface area contributed by atoms with Gasteiger partial charge in [-0.3, -0.25) is 4.79 Å². The summed E-state index contributed by atoms with van der Waals surface area (Å²) in [6.45, 7) is 2.04. The molecule has 1 saturated carbocycles. The van der Waals surface area contributed by atoms with Crippen LogP contribution in [0.3, 0.4) is 0 Å². The Kier molecular flexibility index (Phi) is 3.93. The topological polar surface area (TPSA) is 57.5 Å². The Bertz CT molecular complexity index is 195. The summed E-state index contributed by atoms with van der Waals surface area (Å²) in [4.78, 5) is 11.0. The first-order valence-corrected chi connectivity index (χ1v) is 5.55. The molecule has 0 bridgehead atoms. The molecule has 1 rings (SSSR count). The number of carbonyl (C=O) groups is 1. The fourth-order valence-corrected chi connectivity index (χ4v) is 2.37. The van der Waals surface area contributed by atoms with Crippen LogP contribution >= 0.6 is 0 Å². The molecule has 1 aliphatic rings. The third kappa shape index (κ3) is 2.47. The first-order chi connectivity index (χ1) is 6.60. The molecule has 2 N–H and O–H groups in total. The lowest BCUT2D eigenvalue weighted by Crippen LogP contribution is -2.39. The zero-order chi connectivity index (χ0) is 10.6. The van der Waals surface area contributed by atoms with E-state index in [1.165, 1.54) is 0 Å². The maximum atomic E-state index is 11.0. The fourth-order valence-electron chi connectivity index (χ4n) is 2.37. The summed E-state index contributed by atoms with van der Waals surface area (Å²) in [5.41, 5.74) is -0.916. The third-order valence-corrected chi connectivity index (χ3v) is 3.26. The molecular weight excluding hydrogens is 180 g/mol. The lowest BCUT2D eigenvalue weighted by Gasteiger charge is -2.29. The lowest BCUT2D eigenvalue weighted by atomic mass is 9.82. The smallest absolute Gasteiger partial charge is 0.309 e. The Morgan fingerprint density at radius 1 is 1.43 bits per heavy atom. The van der Waals surface area contributed by atoms with Gasteiger partial charge in [-0.15, -0.1) is 0 Å². The first kappa shape index (κ1) is 11.5. The van der Waals surface area contributed by atoms with E-state index >= 15 is 0 Å². The van der Waals surface area contributed by atoms with Crippen LogP contribution in [0, 0.1) is 5.92 Å². The number of carboxylic acid groups (broad SMARTS) is 1. The molecule has 0 aromatic carbocycles. The molecule has 0 amide bonds. The van der Waals surface area contributed by atoms with E-state index in [0.717, 1.165) is 25.7 Å². The highest BCUT2D eigenvalue weighted by Crippen LogP contribution is 2.38. The zero-order valence-corrected chi connectivity index (χ0v) is 8.83. The van der Waals surface area contributed by atoms with Crippen molar-refractivity contribution in [2.45, 2.75) is 57.5 Å². The summed E-state index contributed by atoms with van der Waals surface area (Å²) in [7, 11) is 0. The van der Waals surface area contributed by atoms with Gasteiger partial charge in [0.2, 0.25) is 0 Å². The van der Waals surface area contributed by atoms with E-state index in [4.69, 9.17) is 5.11 Å². The number of hydrogen-bond acceptors (Lipinski definition) is 2. The van der Waals surface area contributed by atoms with Crippen molar-refractivity contribution in [2.24, 2.45) is 5.92 Å². The van der Waals surface area contributed by atoms with Crippen LogP contribution in [0.2, 0.25) is 0 Å². The predicted octanol–water partition coefficient (Wildman–Crippen LogP) is 2.18. The van der Waals surface area contributed by atoms with Crippen molar-refractivity contribution in [1.82, 2.24) is 0 Å². The molecule has 0 spiro atoms. The van der Waals surface area contributed by atoms with Crippen LogP contribution in [-0.2, 0) is 4.79 Å². The van der Waals surface area contributed by atoms with Crippen LogP contribution in [0.25, 0.3) is 0 Å². The Balaban J connectivity index is 2.61. The molecule has 1 fully saturated rings. The molecule has 82 valence electrons. The minimum Gasteiger partial charge on any atom is -0.481 e. The van der Waals surface area contributed by atoms with Crippen LogP contribution in [-0.4, -0.2) is 21.8 Å². The summed E-state index contributed by atoms with van der Waals surface area (Å²) in [6, 6.07) is 0. The molecule has 0 aromatic rings. The number of aliphatic carboxylic acids is 1. The van der Waals surface area contributed by atoms with E-state index in [2.05, 4.69) is 0 Å². The van der Waals surface area contributed by atoms with E-state index in [9.17, 15) is 9.90 Å². The fraction of sp³-hybridized carbons (Fsp3) is 0.909. The van der Waals surface area contributed by atoms with Crippen LogP contribution in [0.4, 0.5) is 0 Å². The largest absolute Gasteiger partial charge is 0.481 e. The van der Waals surface area contributed by atoms with Gasteiger partial charge in [0.1, 0.15) is 0 Å². The SMILES string of the molecule is CCCCC(C(=O)O)C1(O)CCCC1. The van der Waals surface area contributed by atoms with Crippen molar-refractivity contribution in [2.75, 3.05) is 0 Å². The van der Waals surface area contributed by atoms with Gasteiger partial charge in [-0.1, -0.05) is 32.6 Å². The van der Waals surface area contributed by atoms with Gasteiger partial charge >= 0.3 is 5.97 Å². The first-order valence-electron chi connectivity index (χ1n) is 5.55. The summed E-state index contributed by atoms with van der Waals surface area (Å²) < 4.78 is 0. The Morgan fingerprint density at radius 3 is 2.43 bits per heavy atom. The highest BCUT2D eigenvalue weighted by molar-refractivity contribution is 5.71. The van der Waals surface area contributed by atoms with E-state index in [1.54, 1.807) is 0 Å². The van der Waals surface area contributed by atoms with Crippen LogP contribution < -0.4 is 0 Å². The second-order valence-corrected chi connectivity index (χ2v) is 4.34. The molecular formula is C11H20O3. The molecule has 0 aromatic heterocycles. The number of rotatable bonds is 5. The van der Waals surface area contributed by atoms with Gasteiger partial charge in [0.05, 0.1) is 11.5 Å². The van der Waals surface area contributed by atoms with E-state index in [0.29, 0.717) is 19.3 Å². The van der Waals surface area contributed by atoms with Crippen molar-refractivity contribution in [3.05, 3.63) is 0 Å². The van der Waals surface area contributed by atoms with Gasteiger partial charge in [-0.05, 0) is 19.3 Å². The van der Waals surface area contributed by atoms with E-state index in [-0.39, 0.29) is 0 Å². The van der Waals surface area contributed by atoms with Gasteiger partial charge in [0, 0.05) is 0 Å². The average molecular weight is 200 g/mol. The van der Waals surface area contributed by atoms with Crippen molar-refractivity contribution in [3.8, 4) is 0 Å². The van der Waals surface area contributed by atoms with Gasteiger partial charge in [0.25, 0.3) is 0 Å². The van der Waals surface area contributed by atoms with Gasteiger partial charge in [0.15, 0.2) is 0 Å². The third-order valence-electron chi connectivity index (χ3n) is 3.26. The van der Waals surface area contributed by atoms with E-state index in [1.807, 2.05) is 6.92 Å². The highest BCUT2D eigenvalue weighted by Gasteiger charge is 2.42. The molecule has 3 heteroatoms. The summed E-state index contributed by atoms with van der Waals surface area (Å²) in [6.07, 6.45) is 5.74. The Hall–Kier alpha value is -0.570. The van der Waals surface area contributed by atoms with Crippen molar-refractivity contribution < 1.29 is 15.0 Å². The normalized spacial score (nSPS) is 22.1. The monoisotopic (exact) mass is 200 g/mol. The second kappa shape index (κ2) is 4.78. The Morgan fingerprint density at radius 2 is 2.00 bits per heavy atom. The quantitative estimate of drug-likeness (QED) is 0.715. The minimum atomic E-state index is -0.916. The molecule has 1 unspecified atom stereocenters. The second-order valence-electron chi connectivity index (χ2n) is 4.34. The van der Waals surface area contributed by atoms with Crippen LogP contribution in [0.15, 0.2) is 0 Å². The number of aliphatic hydroxyl groups is 1. The maximum Gasteiger partial charge on any atom is 0.309 e. The predicted molar refractivity (Wildman–Crippen MR) is 54.1 cm³/mol. The van der Waals surface area contributed by atoms with Crippen LogP contribution in [0.1, 0.15) is 51.9 Å². The number of hydrogen-bond donors (Lipinski definition) is 2. The highest BCUT2D eigenvalue weighted by atomic mass is 16.4. The van der Waals surface area contributed by atoms with Crippen molar-refractivity contribution in [3.63, 3.8) is 0 Å². The number of unbranched alkanes of at least 4 members (excludes halogenated alkanes) is 1. The summed E-state index contributed by atoms with van der Waals surface area (Å²) >= 11 is 0. The molecule has 0 heterocycles. The van der Waals surface area contributed by atoms with Gasteiger partial charge in [-0.2, -0.15) is 0 Å².